The third-order valence-corrected chi connectivity index (χ3v) is 6.36. The number of carbonyl (C=O) groups is 1. The van der Waals surface area contributed by atoms with Crippen LogP contribution in [0.15, 0.2) is 55.1 Å². The number of halogens is 1. The summed E-state index contributed by atoms with van der Waals surface area (Å²) in [4.78, 5) is 17.5. The zero-order valence-corrected chi connectivity index (χ0v) is 18.4. The van der Waals surface area contributed by atoms with Crippen molar-refractivity contribution in [3.8, 4) is 11.1 Å². The predicted octanol–water partition coefficient (Wildman–Crippen LogP) is 3.66. The van der Waals surface area contributed by atoms with Crippen molar-refractivity contribution in [3.05, 3.63) is 72.1 Å². The molecule has 3 aromatic heterocycles. The molecule has 1 fully saturated rings. The quantitative estimate of drug-likeness (QED) is 0.489. The molecule has 4 aromatic rings. The van der Waals surface area contributed by atoms with Crippen LogP contribution in [0, 0.1) is 5.82 Å². The summed E-state index contributed by atoms with van der Waals surface area (Å²) >= 11 is 0. The van der Waals surface area contributed by atoms with E-state index in [1.165, 1.54) is 6.07 Å². The molecular weight excluding hydrogens is 421 g/mol. The van der Waals surface area contributed by atoms with Gasteiger partial charge in [-0.2, -0.15) is 5.10 Å². The van der Waals surface area contributed by atoms with Crippen molar-refractivity contribution in [2.45, 2.75) is 44.4 Å². The molecule has 0 aliphatic heterocycles. The number of hydrogen-bond acceptors (Lipinski definition) is 4. The zero-order valence-electron chi connectivity index (χ0n) is 18.4. The lowest BCUT2D eigenvalue weighted by atomic mass is 9.92. The number of aliphatic hydroxyl groups is 1. The number of pyridine rings is 1. The van der Waals surface area contributed by atoms with E-state index in [0.29, 0.717) is 23.1 Å². The SMILES string of the molecule is Cn1cc(-c2ccc(Cn3cc(C(=O)N[C@@H]4CCCC[C@H]4O)c4ncccc43)c(F)c2)cn1. The van der Waals surface area contributed by atoms with Crippen LogP contribution in [-0.4, -0.2) is 42.5 Å². The van der Waals surface area contributed by atoms with E-state index < -0.39 is 6.10 Å². The Balaban J connectivity index is 1.43. The third kappa shape index (κ3) is 4.26. The molecule has 1 aliphatic carbocycles. The molecule has 0 unspecified atom stereocenters. The average Bonchev–Trinajstić information content (AvgIpc) is 3.41. The molecule has 2 N–H and O–H groups in total. The first-order valence-corrected chi connectivity index (χ1v) is 11.2. The fourth-order valence-electron chi connectivity index (χ4n) is 4.55. The van der Waals surface area contributed by atoms with E-state index in [0.717, 1.165) is 35.9 Å². The van der Waals surface area contributed by atoms with Gasteiger partial charge in [0.2, 0.25) is 0 Å². The molecule has 0 bridgehead atoms. The molecule has 3 heterocycles. The second-order valence-corrected chi connectivity index (χ2v) is 8.68. The number of nitrogens with one attached hydrogen (secondary N) is 1. The van der Waals surface area contributed by atoms with Gasteiger partial charge in [0.25, 0.3) is 5.91 Å². The van der Waals surface area contributed by atoms with E-state index in [2.05, 4.69) is 15.4 Å². The first-order valence-electron chi connectivity index (χ1n) is 11.2. The van der Waals surface area contributed by atoms with Gasteiger partial charge in [-0.1, -0.05) is 25.0 Å². The second kappa shape index (κ2) is 8.78. The summed E-state index contributed by atoms with van der Waals surface area (Å²) in [5.41, 5.74) is 3.86. The van der Waals surface area contributed by atoms with Crippen LogP contribution in [0.25, 0.3) is 22.2 Å². The molecule has 1 aromatic carbocycles. The first kappa shape index (κ1) is 21.3. The summed E-state index contributed by atoms with van der Waals surface area (Å²) in [6, 6.07) is 8.55. The van der Waals surface area contributed by atoms with Gasteiger partial charge in [0, 0.05) is 36.8 Å². The van der Waals surface area contributed by atoms with Crippen LogP contribution in [0.5, 0.6) is 0 Å². The topological polar surface area (TPSA) is 85.0 Å². The molecule has 33 heavy (non-hydrogen) atoms. The number of benzene rings is 1. The Bertz CT molecular complexity index is 1310. The maximum atomic E-state index is 15.0. The van der Waals surface area contributed by atoms with Crippen LogP contribution < -0.4 is 5.32 Å². The number of hydrogen-bond donors (Lipinski definition) is 2. The lowest BCUT2D eigenvalue weighted by Crippen LogP contribution is -2.45. The molecule has 8 heteroatoms. The maximum absolute atomic E-state index is 15.0. The molecule has 1 aliphatic rings. The molecule has 5 rings (SSSR count). The molecular formula is C25H26FN5O2. The third-order valence-electron chi connectivity index (χ3n) is 6.36. The summed E-state index contributed by atoms with van der Waals surface area (Å²) in [6.07, 6.45) is 9.78. The van der Waals surface area contributed by atoms with E-state index >= 15 is 0 Å². The first-order chi connectivity index (χ1) is 16.0. The largest absolute Gasteiger partial charge is 0.391 e. The van der Waals surface area contributed by atoms with Gasteiger partial charge in [-0.05, 0) is 36.6 Å². The zero-order chi connectivity index (χ0) is 22.9. The fraction of sp³-hybridized carbons (Fsp3) is 0.320. The Morgan fingerprint density at radius 2 is 2.06 bits per heavy atom. The number of aromatic nitrogens is 4. The minimum atomic E-state index is -0.531. The van der Waals surface area contributed by atoms with Crippen molar-refractivity contribution in [1.29, 1.82) is 0 Å². The van der Waals surface area contributed by atoms with Gasteiger partial charge >= 0.3 is 0 Å². The van der Waals surface area contributed by atoms with Crippen molar-refractivity contribution in [3.63, 3.8) is 0 Å². The van der Waals surface area contributed by atoms with E-state index in [9.17, 15) is 14.3 Å². The van der Waals surface area contributed by atoms with Gasteiger partial charge in [-0.25, -0.2) is 4.39 Å². The second-order valence-electron chi connectivity index (χ2n) is 8.68. The summed E-state index contributed by atoms with van der Waals surface area (Å²) in [6.45, 7) is 0.265. The van der Waals surface area contributed by atoms with Gasteiger partial charge in [-0.3, -0.25) is 14.5 Å². The summed E-state index contributed by atoms with van der Waals surface area (Å²) in [5, 5.41) is 17.3. The minimum absolute atomic E-state index is 0.258. The van der Waals surface area contributed by atoms with Crippen LogP contribution in [0.2, 0.25) is 0 Å². The van der Waals surface area contributed by atoms with Crippen molar-refractivity contribution >= 4 is 16.9 Å². The summed E-state index contributed by atoms with van der Waals surface area (Å²) in [5.74, 6) is -0.589. The van der Waals surface area contributed by atoms with Crippen LogP contribution in [0.1, 0.15) is 41.6 Å². The highest BCUT2D eigenvalue weighted by Gasteiger charge is 2.26. The number of aliphatic hydroxyl groups excluding tert-OH is 1. The molecule has 7 nitrogen and oxygen atoms in total. The normalized spacial score (nSPS) is 18.5. The highest BCUT2D eigenvalue weighted by atomic mass is 19.1. The van der Waals surface area contributed by atoms with Crippen LogP contribution in [0.4, 0.5) is 4.39 Å². The van der Waals surface area contributed by atoms with Gasteiger partial charge in [-0.15, -0.1) is 0 Å². The molecule has 1 amide bonds. The highest BCUT2D eigenvalue weighted by Crippen LogP contribution is 2.25. The number of aryl methyl sites for hydroxylation is 1. The molecule has 1 saturated carbocycles. The Morgan fingerprint density at radius 3 is 2.82 bits per heavy atom. The van der Waals surface area contributed by atoms with Crippen molar-refractivity contribution in [2.75, 3.05) is 0 Å². The number of carbonyl (C=O) groups excluding carboxylic acids is 1. The van der Waals surface area contributed by atoms with Crippen molar-refractivity contribution < 1.29 is 14.3 Å². The lowest BCUT2D eigenvalue weighted by Gasteiger charge is -2.28. The van der Waals surface area contributed by atoms with E-state index in [1.54, 1.807) is 35.4 Å². The Labute approximate surface area is 190 Å². The predicted molar refractivity (Wildman–Crippen MR) is 123 cm³/mol. The summed E-state index contributed by atoms with van der Waals surface area (Å²) in [7, 11) is 1.82. The lowest BCUT2D eigenvalue weighted by molar-refractivity contribution is 0.0718. The standard InChI is InChI=1S/C25H26FN5O2/c1-30-13-18(12-28-30)16-8-9-17(20(26)11-16)14-31-15-19(24-22(31)6-4-10-27-24)25(33)29-21-5-2-3-7-23(21)32/h4,6,8-13,15,21,23,32H,2-3,5,7,14H2,1H3,(H,29,33)/t21-,23-/m1/s1. The van der Waals surface area contributed by atoms with Crippen LogP contribution in [-0.2, 0) is 13.6 Å². The van der Waals surface area contributed by atoms with E-state index in [4.69, 9.17) is 0 Å². The highest BCUT2D eigenvalue weighted by molar-refractivity contribution is 6.05. The van der Waals surface area contributed by atoms with Crippen LogP contribution >= 0.6 is 0 Å². The van der Waals surface area contributed by atoms with Crippen molar-refractivity contribution in [2.24, 2.45) is 7.05 Å². The van der Waals surface area contributed by atoms with Crippen molar-refractivity contribution in [1.82, 2.24) is 24.6 Å². The van der Waals surface area contributed by atoms with Gasteiger partial charge in [0.15, 0.2) is 0 Å². The monoisotopic (exact) mass is 447 g/mol. The minimum Gasteiger partial charge on any atom is -0.391 e. The Morgan fingerprint density at radius 1 is 1.21 bits per heavy atom. The number of fused-ring (bicyclic) bond motifs is 1. The Hall–Kier alpha value is -3.52. The average molecular weight is 448 g/mol. The molecule has 0 spiro atoms. The fourth-order valence-corrected chi connectivity index (χ4v) is 4.55. The van der Waals surface area contributed by atoms with E-state index in [1.807, 2.05) is 29.9 Å². The van der Waals surface area contributed by atoms with Gasteiger partial charge in [0.1, 0.15) is 11.3 Å². The van der Waals surface area contributed by atoms with Gasteiger partial charge < -0.3 is 15.0 Å². The van der Waals surface area contributed by atoms with Gasteiger partial charge in [0.05, 0.1) is 36.0 Å². The van der Waals surface area contributed by atoms with Crippen LogP contribution in [0.3, 0.4) is 0 Å². The molecule has 0 saturated heterocycles. The maximum Gasteiger partial charge on any atom is 0.255 e. The number of nitrogens with zero attached hydrogens (tertiary/aromatic N) is 4. The Kier molecular flexibility index (Phi) is 5.68. The van der Waals surface area contributed by atoms with E-state index in [-0.39, 0.29) is 24.3 Å². The molecule has 170 valence electrons. The number of rotatable bonds is 5. The smallest absolute Gasteiger partial charge is 0.255 e. The molecule has 2 atom stereocenters. The summed E-state index contributed by atoms with van der Waals surface area (Å²) < 4.78 is 18.5. The molecule has 0 radical (unpaired) electrons. The number of amides is 1.